The van der Waals surface area contributed by atoms with Crippen LogP contribution in [0, 0.1) is 5.92 Å². The van der Waals surface area contributed by atoms with Crippen LogP contribution in [0.5, 0.6) is 0 Å². The summed E-state index contributed by atoms with van der Waals surface area (Å²) in [7, 11) is 0. The molecule has 4 nitrogen and oxygen atoms in total. The Morgan fingerprint density at radius 3 is 2.61 bits per heavy atom. The molecule has 126 valence electrons. The standard InChI is InChI=1S/C19H27NO3/c1-19(2,3)23-18(21)20-13-17(14-20)11-7-8-12-22-15-16-9-5-4-6-10-16/h4-7,9-11,17H,8,12-15H2,1-3H3. The summed E-state index contributed by atoms with van der Waals surface area (Å²) >= 11 is 0. The Kier molecular flexibility index (Phi) is 6.22. The fourth-order valence-electron chi connectivity index (χ4n) is 2.31. The molecule has 1 heterocycles. The lowest BCUT2D eigenvalue weighted by Crippen LogP contribution is -2.50. The first-order chi connectivity index (χ1) is 10.9. The lowest BCUT2D eigenvalue weighted by atomic mass is 10.00. The van der Waals surface area contributed by atoms with Gasteiger partial charge in [0.1, 0.15) is 5.60 Å². The van der Waals surface area contributed by atoms with Gasteiger partial charge in [0, 0.05) is 19.0 Å². The minimum absolute atomic E-state index is 0.214. The fourth-order valence-corrected chi connectivity index (χ4v) is 2.31. The molecule has 0 unspecified atom stereocenters. The molecule has 0 saturated carbocycles. The van der Waals surface area contributed by atoms with Crippen LogP contribution in [0.1, 0.15) is 32.8 Å². The van der Waals surface area contributed by atoms with Gasteiger partial charge in [-0.25, -0.2) is 4.79 Å². The van der Waals surface area contributed by atoms with Gasteiger partial charge in [-0.1, -0.05) is 42.5 Å². The molecule has 1 aromatic carbocycles. The molecule has 2 rings (SSSR count). The van der Waals surface area contributed by atoms with E-state index in [1.165, 1.54) is 5.56 Å². The highest BCUT2D eigenvalue weighted by Crippen LogP contribution is 2.20. The Labute approximate surface area is 139 Å². The predicted molar refractivity (Wildman–Crippen MR) is 91.2 cm³/mol. The Bertz CT molecular complexity index is 513. The van der Waals surface area contributed by atoms with E-state index in [2.05, 4.69) is 24.3 Å². The average molecular weight is 317 g/mol. The maximum atomic E-state index is 11.8. The van der Waals surface area contributed by atoms with E-state index < -0.39 is 5.60 Å². The van der Waals surface area contributed by atoms with Crippen molar-refractivity contribution in [2.75, 3.05) is 19.7 Å². The third-order valence-electron chi connectivity index (χ3n) is 3.51. The molecule has 1 aliphatic heterocycles. The molecular weight excluding hydrogens is 290 g/mol. The lowest BCUT2D eigenvalue weighted by Gasteiger charge is -2.38. The van der Waals surface area contributed by atoms with Crippen LogP contribution in [0.4, 0.5) is 4.79 Å². The molecule has 0 aliphatic carbocycles. The van der Waals surface area contributed by atoms with Crippen molar-refractivity contribution in [1.29, 1.82) is 0 Å². The second-order valence-corrected chi connectivity index (χ2v) is 6.90. The molecule has 4 heteroatoms. The number of carbonyl (C=O) groups excluding carboxylic acids is 1. The lowest BCUT2D eigenvalue weighted by molar-refractivity contribution is 0.00487. The van der Waals surface area contributed by atoms with E-state index in [1.807, 2.05) is 39.0 Å². The van der Waals surface area contributed by atoms with Crippen molar-refractivity contribution in [3.8, 4) is 0 Å². The zero-order valence-electron chi connectivity index (χ0n) is 14.3. The first kappa shape index (κ1) is 17.5. The molecule has 1 fully saturated rings. The van der Waals surface area contributed by atoms with Crippen LogP contribution in [-0.2, 0) is 16.1 Å². The number of hydrogen-bond donors (Lipinski definition) is 0. The summed E-state index contributed by atoms with van der Waals surface area (Å²) in [5, 5.41) is 0. The minimum atomic E-state index is -0.423. The van der Waals surface area contributed by atoms with E-state index in [-0.39, 0.29) is 6.09 Å². The maximum Gasteiger partial charge on any atom is 0.410 e. The topological polar surface area (TPSA) is 38.8 Å². The number of hydrogen-bond acceptors (Lipinski definition) is 3. The van der Waals surface area contributed by atoms with E-state index >= 15 is 0 Å². The monoisotopic (exact) mass is 317 g/mol. The average Bonchev–Trinajstić information content (AvgIpc) is 2.43. The number of ether oxygens (including phenoxy) is 2. The number of benzene rings is 1. The van der Waals surface area contributed by atoms with E-state index in [4.69, 9.17) is 9.47 Å². The molecule has 0 atom stereocenters. The van der Waals surface area contributed by atoms with Crippen LogP contribution in [-0.4, -0.2) is 36.3 Å². The van der Waals surface area contributed by atoms with E-state index in [1.54, 1.807) is 4.90 Å². The molecule has 1 amide bonds. The third-order valence-corrected chi connectivity index (χ3v) is 3.51. The quantitative estimate of drug-likeness (QED) is 0.587. The van der Waals surface area contributed by atoms with Crippen molar-refractivity contribution >= 4 is 6.09 Å². The molecule has 0 bridgehead atoms. The largest absolute Gasteiger partial charge is 0.444 e. The van der Waals surface area contributed by atoms with Crippen molar-refractivity contribution in [2.45, 2.75) is 39.4 Å². The first-order valence-electron chi connectivity index (χ1n) is 8.20. The highest BCUT2D eigenvalue weighted by atomic mass is 16.6. The molecule has 1 aromatic rings. The van der Waals surface area contributed by atoms with Crippen LogP contribution < -0.4 is 0 Å². The number of likely N-dealkylation sites (tertiary alicyclic amines) is 1. The van der Waals surface area contributed by atoms with Gasteiger partial charge in [0.05, 0.1) is 13.2 Å². The minimum Gasteiger partial charge on any atom is -0.444 e. The molecule has 0 aromatic heterocycles. The zero-order chi connectivity index (χ0) is 16.7. The summed E-state index contributed by atoms with van der Waals surface area (Å²) in [4.78, 5) is 13.5. The van der Waals surface area contributed by atoms with E-state index in [9.17, 15) is 4.79 Å². The van der Waals surface area contributed by atoms with Crippen LogP contribution in [0.15, 0.2) is 42.5 Å². The van der Waals surface area contributed by atoms with Crippen LogP contribution in [0.3, 0.4) is 0 Å². The van der Waals surface area contributed by atoms with E-state index in [0.29, 0.717) is 19.1 Å². The molecule has 1 aliphatic rings. The summed E-state index contributed by atoms with van der Waals surface area (Å²) in [6.45, 7) is 8.53. The molecule has 23 heavy (non-hydrogen) atoms. The van der Waals surface area contributed by atoms with Gasteiger partial charge in [0.15, 0.2) is 0 Å². The normalized spacial score (nSPS) is 15.7. The third kappa shape index (κ3) is 6.45. The Morgan fingerprint density at radius 1 is 1.26 bits per heavy atom. The van der Waals surface area contributed by atoms with E-state index in [0.717, 1.165) is 19.5 Å². The molecule has 1 saturated heterocycles. The number of rotatable bonds is 6. The van der Waals surface area contributed by atoms with Crippen LogP contribution >= 0.6 is 0 Å². The Morgan fingerprint density at radius 2 is 1.96 bits per heavy atom. The van der Waals surface area contributed by atoms with Crippen molar-refractivity contribution in [3.05, 3.63) is 48.0 Å². The second kappa shape index (κ2) is 8.16. The molecular formula is C19H27NO3. The SMILES string of the molecule is CC(C)(C)OC(=O)N1CC(C=CCCOCc2ccccc2)C1. The first-order valence-corrected chi connectivity index (χ1v) is 8.20. The number of carbonyl (C=O) groups is 1. The van der Waals surface area contributed by atoms with Gasteiger partial charge in [0.2, 0.25) is 0 Å². The summed E-state index contributed by atoms with van der Waals surface area (Å²) in [5.74, 6) is 0.441. The summed E-state index contributed by atoms with van der Waals surface area (Å²) in [5.41, 5.74) is 0.775. The number of amides is 1. The van der Waals surface area contributed by atoms with Gasteiger partial charge >= 0.3 is 6.09 Å². The van der Waals surface area contributed by atoms with Crippen molar-refractivity contribution < 1.29 is 14.3 Å². The van der Waals surface area contributed by atoms with Crippen molar-refractivity contribution in [2.24, 2.45) is 5.92 Å². The second-order valence-electron chi connectivity index (χ2n) is 6.90. The van der Waals surface area contributed by atoms with Gasteiger partial charge in [-0.05, 0) is 32.8 Å². The maximum absolute atomic E-state index is 11.8. The van der Waals surface area contributed by atoms with Gasteiger partial charge in [0.25, 0.3) is 0 Å². The Hall–Kier alpha value is -1.81. The highest BCUT2D eigenvalue weighted by molar-refractivity contribution is 5.69. The summed E-state index contributed by atoms with van der Waals surface area (Å²) < 4.78 is 11.0. The summed E-state index contributed by atoms with van der Waals surface area (Å²) in [6.07, 6.45) is 5.00. The van der Waals surface area contributed by atoms with Crippen molar-refractivity contribution in [3.63, 3.8) is 0 Å². The van der Waals surface area contributed by atoms with Crippen LogP contribution in [0.25, 0.3) is 0 Å². The van der Waals surface area contributed by atoms with Crippen LogP contribution in [0.2, 0.25) is 0 Å². The highest BCUT2D eigenvalue weighted by Gasteiger charge is 2.31. The smallest absolute Gasteiger partial charge is 0.410 e. The molecule has 0 spiro atoms. The van der Waals surface area contributed by atoms with Gasteiger partial charge < -0.3 is 14.4 Å². The van der Waals surface area contributed by atoms with Gasteiger partial charge in [-0.3, -0.25) is 0 Å². The number of nitrogens with zero attached hydrogens (tertiary/aromatic N) is 1. The molecule has 0 N–H and O–H groups in total. The predicted octanol–water partition coefficient (Wildman–Crippen LogP) is 4.02. The van der Waals surface area contributed by atoms with Gasteiger partial charge in [-0.15, -0.1) is 0 Å². The fraction of sp³-hybridized carbons (Fsp3) is 0.526. The van der Waals surface area contributed by atoms with Gasteiger partial charge in [-0.2, -0.15) is 0 Å². The Balaban J connectivity index is 1.54. The van der Waals surface area contributed by atoms with Crippen molar-refractivity contribution in [1.82, 2.24) is 4.90 Å². The zero-order valence-corrected chi connectivity index (χ0v) is 14.3. The molecule has 0 radical (unpaired) electrons. The summed E-state index contributed by atoms with van der Waals surface area (Å²) in [6, 6.07) is 10.2.